The Bertz CT molecular complexity index is 1290. The Labute approximate surface area is 251 Å². The van der Waals surface area contributed by atoms with Gasteiger partial charge in [0, 0.05) is 18.0 Å². The summed E-state index contributed by atoms with van der Waals surface area (Å²) >= 11 is 0. The summed E-state index contributed by atoms with van der Waals surface area (Å²) in [4.78, 5) is 44.6. The van der Waals surface area contributed by atoms with E-state index in [0.29, 0.717) is 61.5 Å². The maximum Gasteiger partial charge on any atom is 0.343 e. The fourth-order valence-electron chi connectivity index (χ4n) is 3.44. The normalized spacial score (nSPS) is 11.6. The van der Waals surface area contributed by atoms with Crippen LogP contribution in [0.2, 0.25) is 0 Å². The Morgan fingerprint density at radius 3 is 1.88 bits per heavy atom. The number of nitrogens with zero attached hydrogens (tertiary/aromatic N) is 2. The second-order valence-electron chi connectivity index (χ2n) is 9.74. The van der Waals surface area contributed by atoms with Crippen LogP contribution in [-0.2, 0) is 23.7 Å². The summed E-state index contributed by atoms with van der Waals surface area (Å²) in [5.74, 6) is 0.0787. The van der Waals surface area contributed by atoms with Crippen molar-refractivity contribution in [1.82, 2.24) is 9.97 Å². The van der Waals surface area contributed by atoms with E-state index in [1.165, 1.54) is 12.4 Å². The van der Waals surface area contributed by atoms with Gasteiger partial charge in [0.05, 0.1) is 49.6 Å². The third-order valence-corrected chi connectivity index (χ3v) is 6.00. The molecule has 43 heavy (non-hydrogen) atoms. The molecule has 0 aliphatic heterocycles. The highest BCUT2D eigenvalue weighted by atomic mass is 16.6. The lowest BCUT2D eigenvalue weighted by atomic mass is 10.1. The van der Waals surface area contributed by atoms with Gasteiger partial charge in [0.15, 0.2) is 5.82 Å². The lowest BCUT2D eigenvalue weighted by Crippen LogP contribution is -2.18. The summed E-state index contributed by atoms with van der Waals surface area (Å²) in [6.07, 6.45) is 3.33. The van der Waals surface area contributed by atoms with Crippen molar-refractivity contribution in [2.24, 2.45) is 5.92 Å². The van der Waals surface area contributed by atoms with Gasteiger partial charge in [0.1, 0.15) is 24.7 Å². The summed E-state index contributed by atoms with van der Waals surface area (Å²) in [5.41, 5.74) is 1.30. The first kappa shape index (κ1) is 33.2. The molecular weight excluding hydrogens is 556 g/mol. The van der Waals surface area contributed by atoms with Crippen LogP contribution >= 0.6 is 0 Å². The van der Waals surface area contributed by atoms with E-state index in [9.17, 15) is 14.4 Å². The standard InChI is InChI=1S/C32H38N2O9/c1-5-23(4)30(35)41-19-17-39-15-14-38-16-18-40-27-10-12-28(13-11-27)43-31(36)25-8-6-24(7-9-25)29-33-20-26(21-34-29)32(37)42-22(2)3/h6-13,20-23H,5,14-19H2,1-4H3. The van der Waals surface area contributed by atoms with E-state index in [1.807, 2.05) is 13.8 Å². The molecule has 0 fully saturated rings. The quantitative estimate of drug-likeness (QED) is 0.120. The van der Waals surface area contributed by atoms with Gasteiger partial charge in [-0.1, -0.05) is 26.0 Å². The van der Waals surface area contributed by atoms with Crippen molar-refractivity contribution in [3.8, 4) is 22.9 Å². The van der Waals surface area contributed by atoms with Gasteiger partial charge in [0.25, 0.3) is 0 Å². The van der Waals surface area contributed by atoms with E-state index in [0.717, 1.165) is 6.42 Å². The summed E-state index contributed by atoms with van der Waals surface area (Å²) in [7, 11) is 0. The molecule has 0 saturated carbocycles. The fraction of sp³-hybridized carbons (Fsp3) is 0.406. The van der Waals surface area contributed by atoms with Crippen LogP contribution in [0.25, 0.3) is 11.4 Å². The zero-order valence-corrected chi connectivity index (χ0v) is 24.9. The number of carbonyl (C=O) groups is 3. The second kappa shape index (κ2) is 17.6. The lowest BCUT2D eigenvalue weighted by Gasteiger charge is -2.10. The van der Waals surface area contributed by atoms with Crippen molar-refractivity contribution in [2.45, 2.75) is 40.2 Å². The Hall–Kier alpha value is -4.35. The Balaban J connectivity index is 1.33. The monoisotopic (exact) mass is 594 g/mol. The number of hydrogen-bond acceptors (Lipinski definition) is 11. The minimum absolute atomic E-state index is 0.100. The van der Waals surface area contributed by atoms with E-state index in [1.54, 1.807) is 62.4 Å². The molecule has 0 aliphatic carbocycles. The van der Waals surface area contributed by atoms with Crippen LogP contribution in [0.5, 0.6) is 11.5 Å². The van der Waals surface area contributed by atoms with Crippen molar-refractivity contribution in [2.75, 3.05) is 39.6 Å². The third kappa shape index (κ3) is 11.4. The van der Waals surface area contributed by atoms with Crippen LogP contribution in [0.1, 0.15) is 54.8 Å². The molecule has 3 rings (SSSR count). The number of benzene rings is 2. The predicted octanol–water partition coefficient (Wildman–Crippen LogP) is 4.93. The predicted molar refractivity (Wildman–Crippen MR) is 157 cm³/mol. The summed E-state index contributed by atoms with van der Waals surface area (Å²) in [5, 5.41) is 0. The zero-order chi connectivity index (χ0) is 31.0. The maximum absolute atomic E-state index is 12.6. The number of hydrogen-bond donors (Lipinski definition) is 0. The van der Waals surface area contributed by atoms with Crippen LogP contribution in [0, 0.1) is 5.92 Å². The number of rotatable bonds is 17. The molecule has 0 bridgehead atoms. The van der Waals surface area contributed by atoms with Crippen molar-refractivity contribution in [1.29, 1.82) is 0 Å². The topological polar surface area (TPSA) is 132 Å². The van der Waals surface area contributed by atoms with E-state index >= 15 is 0 Å². The molecule has 1 aromatic heterocycles. The van der Waals surface area contributed by atoms with Gasteiger partial charge in [-0.2, -0.15) is 0 Å². The summed E-state index contributed by atoms with van der Waals surface area (Å²) in [6.45, 7) is 9.36. The van der Waals surface area contributed by atoms with E-state index in [4.69, 9.17) is 28.4 Å². The van der Waals surface area contributed by atoms with Gasteiger partial charge < -0.3 is 28.4 Å². The minimum Gasteiger partial charge on any atom is -0.491 e. The van der Waals surface area contributed by atoms with Gasteiger partial charge in [-0.25, -0.2) is 19.6 Å². The van der Waals surface area contributed by atoms with Gasteiger partial charge in [-0.15, -0.1) is 0 Å². The largest absolute Gasteiger partial charge is 0.491 e. The molecule has 0 saturated heterocycles. The summed E-state index contributed by atoms with van der Waals surface area (Å²) < 4.78 is 32.2. The molecule has 11 nitrogen and oxygen atoms in total. The molecule has 230 valence electrons. The molecule has 0 amide bonds. The van der Waals surface area contributed by atoms with Gasteiger partial charge >= 0.3 is 17.9 Å². The molecular formula is C32H38N2O9. The van der Waals surface area contributed by atoms with Crippen LogP contribution in [0.3, 0.4) is 0 Å². The van der Waals surface area contributed by atoms with Crippen molar-refractivity contribution in [3.05, 3.63) is 72.1 Å². The van der Waals surface area contributed by atoms with E-state index in [2.05, 4.69) is 9.97 Å². The number of aromatic nitrogens is 2. The molecule has 0 radical (unpaired) electrons. The van der Waals surface area contributed by atoms with Gasteiger partial charge in [-0.3, -0.25) is 4.79 Å². The molecule has 1 heterocycles. The fourth-order valence-corrected chi connectivity index (χ4v) is 3.44. The molecule has 0 aliphatic rings. The highest BCUT2D eigenvalue weighted by Crippen LogP contribution is 2.20. The molecule has 0 spiro atoms. The Morgan fingerprint density at radius 2 is 1.28 bits per heavy atom. The average Bonchev–Trinajstić information content (AvgIpc) is 3.02. The van der Waals surface area contributed by atoms with Crippen LogP contribution < -0.4 is 9.47 Å². The van der Waals surface area contributed by atoms with Crippen LogP contribution in [0.15, 0.2) is 60.9 Å². The molecule has 1 unspecified atom stereocenters. The second-order valence-corrected chi connectivity index (χ2v) is 9.74. The Morgan fingerprint density at radius 1 is 0.698 bits per heavy atom. The Kier molecular flexibility index (Phi) is 13.5. The van der Waals surface area contributed by atoms with Gasteiger partial charge in [0.2, 0.25) is 0 Å². The third-order valence-electron chi connectivity index (χ3n) is 6.00. The first-order valence-electron chi connectivity index (χ1n) is 14.2. The first-order chi connectivity index (χ1) is 20.8. The number of carbonyl (C=O) groups excluding carboxylic acids is 3. The minimum atomic E-state index is -0.516. The van der Waals surface area contributed by atoms with Crippen molar-refractivity contribution >= 4 is 17.9 Å². The van der Waals surface area contributed by atoms with E-state index < -0.39 is 11.9 Å². The van der Waals surface area contributed by atoms with Crippen molar-refractivity contribution in [3.63, 3.8) is 0 Å². The molecule has 2 aromatic carbocycles. The first-order valence-corrected chi connectivity index (χ1v) is 14.2. The SMILES string of the molecule is CCC(C)C(=O)OCCOCCOCCOc1ccc(OC(=O)c2ccc(-c3ncc(C(=O)OC(C)C)cn3)cc2)cc1. The lowest BCUT2D eigenvalue weighted by molar-refractivity contribution is -0.149. The number of esters is 3. The highest BCUT2D eigenvalue weighted by Gasteiger charge is 2.13. The van der Waals surface area contributed by atoms with Crippen LogP contribution in [0.4, 0.5) is 0 Å². The zero-order valence-electron chi connectivity index (χ0n) is 24.9. The average molecular weight is 595 g/mol. The number of ether oxygens (including phenoxy) is 6. The highest BCUT2D eigenvalue weighted by molar-refractivity contribution is 5.91. The summed E-state index contributed by atoms with van der Waals surface area (Å²) in [6, 6.07) is 13.3. The van der Waals surface area contributed by atoms with Crippen LogP contribution in [-0.4, -0.2) is 73.6 Å². The molecule has 0 N–H and O–H groups in total. The molecule has 1 atom stereocenters. The maximum atomic E-state index is 12.6. The van der Waals surface area contributed by atoms with Crippen molar-refractivity contribution < 1.29 is 42.8 Å². The molecule has 3 aromatic rings. The van der Waals surface area contributed by atoms with Gasteiger partial charge in [-0.05, 0) is 56.7 Å². The van der Waals surface area contributed by atoms with E-state index in [-0.39, 0.29) is 30.2 Å². The molecule has 11 heteroatoms. The smallest absolute Gasteiger partial charge is 0.343 e.